The van der Waals surface area contributed by atoms with E-state index >= 15 is 0 Å². The van der Waals surface area contributed by atoms with Gasteiger partial charge in [-0.2, -0.15) is 5.10 Å². The third-order valence-corrected chi connectivity index (χ3v) is 3.25. The van der Waals surface area contributed by atoms with E-state index in [0.29, 0.717) is 18.1 Å². The maximum absolute atomic E-state index is 5.74. The van der Waals surface area contributed by atoms with Crippen molar-refractivity contribution in [3.63, 3.8) is 0 Å². The molecule has 1 aromatic carbocycles. The molecule has 18 heavy (non-hydrogen) atoms. The van der Waals surface area contributed by atoms with Gasteiger partial charge in [-0.3, -0.25) is 4.98 Å². The molecule has 5 nitrogen and oxygen atoms in total. The first-order valence-electron chi connectivity index (χ1n) is 5.44. The molecular weight excluding hydrogens is 246 g/mol. The Kier molecular flexibility index (Phi) is 2.77. The Balaban J connectivity index is 1.85. The van der Waals surface area contributed by atoms with Crippen molar-refractivity contribution >= 4 is 17.0 Å². The van der Waals surface area contributed by atoms with Crippen LogP contribution in [-0.4, -0.2) is 19.7 Å². The summed E-state index contributed by atoms with van der Waals surface area (Å²) < 4.78 is 1.80. The molecule has 0 fully saturated rings. The van der Waals surface area contributed by atoms with Crippen LogP contribution in [0.3, 0.4) is 0 Å². The first kappa shape index (κ1) is 10.9. The molecule has 0 aliphatic carbocycles. The standard InChI is InChI=1S/C12H11N5S/c13-10-3-1-2-9(4-10)12-15-7-17(16-12)6-11-5-14-8-18-11/h1-5,7-8H,6,13H2. The molecule has 0 aliphatic rings. The summed E-state index contributed by atoms with van der Waals surface area (Å²) in [5.41, 5.74) is 9.20. The van der Waals surface area contributed by atoms with Gasteiger partial charge in [0.2, 0.25) is 0 Å². The zero-order valence-corrected chi connectivity index (χ0v) is 10.3. The van der Waals surface area contributed by atoms with Crippen molar-refractivity contribution in [2.24, 2.45) is 0 Å². The fraction of sp³-hybridized carbons (Fsp3) is 0.0833. The second-order valence-electron chi connectivity index (χ2n) is 3.86. The van der Waals surface area contributed by atoms with Gasteiger partial charge >= 0.3 is 0 Å². The van der Waals surface area contributed by atoms with Gasteiger partial charge in [-0.25, -0.2) is 9.67 Å². The van der Waals surface area contributed by atoms with Crippen molar-refractivity contribution in [2.75, 3.05) is 5.73 Å². The Labute approximate surface area is 108 Å². The van der Waals surface area contributed by atoms with E-state index in [-0.39, 0.29) is 0 Å². The summed E-state index contributed by atoms with van der Waals surface area (Å²) in [6, 6.07) is 7.56. The Bertz CT molecular complexity index is 644. The van der Waals surface area contributed by atoms with Crippen molar-refractivity contribution in [2.45, 2.75) is 6.54 Å². The molecular formula is C12H11N5S. The Morgan fingerprint density at radius 1 is 1.33 bits per heavy atom. The molecule has 0 amide bonds. The van der Waals surface area contributed by atoms with E-state index in [4.69, 9.17) is 5.73 Å². The number of nitrogen functional groups attached to an aromatic ring is 1. The minimum absolute atomic E-state index is 0.687. The Morgan fingerprint density at radius 3 is 3.06 bits per heavy atom. The number of rotatable bonds is 3. The average molecular weight is 257 g/mol. The Morgan fingerprint density at radius 2 is 2.28 bits per heavy atom. The van der Waals surface area contributed by atoms with E-state index in [2.05, 4.69) is 15.1 Å². The van der Waals surface area contributed by atoms with Gasteiger partial charge in [-0.05, 0) is 12.1 Å². The summed E-state index contributed by atoms with van der Waals surface area (Å²) in [6.07, 6.45) is 3.56. The van der Waals surface area contributed by atoms with Crippen LogP contribution in [0.2, 0.25) is 0 Å². The average Bonchev–Trinajstić information content (AvgIpc) is 3.01. The SMILES string of the molecule is Nc1cccc(-c2ncn(Cc3cncs3)n2)c1. The number of nitrogens with zero attached hydrogens (tertiary/aromatic N) is 4. The smallest absolute Gasteiger partial charge is 0.181 e. The fourth-order valence-electron chi connectivity index (χ4n) is 1.66. The molecule has 2 aromatic heterocycles. The predicted molar refractivity (Wildman–Crippen MR) is 71.1 cm³/mol. The highest BCUT2D eigenvalue weighted by atomic mass is 32.1. The lowest BCUT2D eigenvalue weighted by Crippen LogP contribution is -1.98. The van der Waals surface area contributed by atoms with Gasteiger partial charge in [0.05, 0.1) is 12.1 Å². The number of benzene rings is 1. The molecule has 0 saturated heterocycles. The third kappa shape index (κ3) is 2.23. The summed E-state index contributed by atoms with van der Waals surface area (Å²) in [4.78, 5) is 9.48. The Hall–Kier alpha value is -2.21. The third-order valence-electron chi connectivity index (χ3n) is 2.48. The predicted octanol–water partition coefficient (Wildman–Crippen LogP) is 2.03. The van der Waals surface area contributed by atoms with Crippen LogP contribution in [0, 0.1) is 0 Å². The second-order valence-corrected chi connectivity index (χ2v) is 4.83. The topological polar surface area (TPSA) is 69.6 Å². The van der Waals surface area contributed by atoms with E-state index in [1.54, 1.807) is 22.3 Å². The summed E-state index contributed by atoms with van der Waals surface area (Å²) in [7, 11) is 0. The lowest BCUT2D eigenvalue weighted by Gasteiger charge is -1.97. The minimum Gasteiger partial charge on any atom is -0.399 e. The van der Waals surface area contributed by atoms with Crippen LogP contribution in [-0.2, 0) is 6.54 Å². The monoisotopic (exact) mass is 257 g/mol. The van der Waals surface area contributed by atoms with Crippen LogP contribution in [0.5, 0.6) is 0 Å². The van der Waals surface area contributed by atoms with E-state index < -0.39 is 0 Å². The highest BCUT2D eigenvalue weighted by molar-refractivity contribution is 7.09. The molecule has 0 unspecified atom stereocenters. The van der Waals surface area contributed by atoms with E-state index in [9.17, 15) is 0 Å². The summed E-state index contributed by atoms with van der Waals surface area (Å²) in [5, 5.41) is 4.43. The highest BCUT2D eigenvalue weighted by Crippen LogP contribution is 2.17. The molecule has 3 rings (SSSR count). The van der Waals surface area contributed by atoms with Crippen LogP contribution in [0.25, 0.3) is 11.4 Å². The van der Waals surface area contributed by atoms with Crippen LogP contribution >= 0.6 is 11.3 Å². The van der Waals surface area contributed by atoms with Crippen LogP contribution in [0.1, 0.15) is 4.88 Å². The van der Waals surface area contributed by atoms with Gasteiger partial charge in [-0.1, -0.05) is 12.1 Å². The molecule has 0 radical (unpaired) electrons. The van der Waals surface area contributed by atoms with E-state index in [1.807, 2.05) is 36.0 Å². The number of hydrogen-bond donors (Lipinski definition) is 1. The van der Waals surface area contributed by atoms with E-state index in [0.717, 1.165) is 10.4 Å². The normalized spacial score (nSPS) is 10.7. The first-order valence-corrected chi connectivity index (χ1v) is 6.32. The lowest BCUT2D eigenvalue weighted by molar-refractivity contribution is 0.694. The summed E-state index contributed by atoms with van der Waals surface area (Å²) >= 11 is 1.61. The summed E-state index contributed by atoms with van der Waals surface area (Å²) in [6.45, 7) is 0.694. The molecule has 6 heteroatoms. The number of nitrogens with two attached hydrogens (primary N) is 1. The zero-order chi connectivity index (χ0) is 12.4. The van der Waals surface area contributed by atoms with Gasteiger partial charge < -0.3 is 5.73 Å². The molecule has 0 spiro atoms. The van der Waals surface area contributed by atoms with Crippen molar-refractivity contribution in [3.05, 3.63) is 47.2 Å². The maximum atomic E-state index is 5.74. The zero-order valence-electron chi connectivity index (χ0n) is 9.52. The lowest BCUT2D eigenvalue weighted by atomic mass is 10.2. The second kappa shape index (κ2) is 4.58. The van der Waals surface area contributed by atoms with Crippen molar-refractivity contribution in [3.8, 4) is 11.4 Å². The van der Waals surface area contributed by atoms with Gasteiger partial charge in [-0.15, -0.1) is 11.3 Å². The molecule has 0 atom stereocenters. The number of anilines is 1. The largest absolute Gasteiger partial charge is 0.399 e. The first-order chi connectivity index (χ1) is 8.81. The molecule has 0 saturated carbocycles. The van der Waals surface area contributed by atoms with Crippen molar-refractivity contribution in [1.82, 2.24) is 19.7 Å². The van der Waals surface area contributed by atoms with Gasteiger partial charge in [0.25, 0.3) is 0 Å². The van der Waals surface area contributed by atoms with Gasteiger partial charge in [0.1, 0.15) is 6.33 Å². The quantitative estimate of drug-likeness (QED) is 0.729. The number of thiazole rings is 1. The van der Waals surface area contributed by atoms with Gasteiger partial charge in [0.15, 0.2) is 5.82 Å². The molecule has 90 valence electrons. The van der Waals surface area contributed by atoms with Crippen LogP contribution in [0.15, 0.2) is 42.3 Å². The molecule has 2 N–H and O–H groups in total. The number of aromatic nitrogens is 4. The molecule has 3 aromatic rings. The van der Waals surface area contributed by atoms with Crippen molar-refractivity contribution in [1.29, 1.82) is 0 Å². The highest BCUT2D eigenvalue weighted by Gasteiger charge is 2.05. The van der Waals surface area contributed by atoms with Crippen LogP contribution in [0.4, 0.5) is 5.69 Å². The molecule has 0 aliphatic heterocycles. The maximum Gasteiger partial charge on any atom is 0.181 e. The molecule has 2 heterocycles. The minimum atomic E-state index is 0.687. The summed E-state index contributed by atoms with van der Waals surface area (Å²) in [5.74, 6) is 0.687. The van der Waals surface area contributed by atoms with Crippen LogP contribution < -0.4 is 5.73 Å². The fourth-order valence-corrected chi connectivity index (χ4v) is 2.25. The van der Waals surface area contributed by atoms with Gasteiger partial charge in [0, 0.05) is 22.3 Å². The van der Waals surface area contributed by atoms with Crippen molar-refractivity contribution < 1.29 is 0 Å². The van der Waals surface area contributed by atoms with E-state index in [1.165, 1.54) is 0 Å². The number of hydrogen-bond acceptors (Lipinski definition) is 5. The molecule has 0 bridgehead atoms.